The lowest BCUT2D eigenvalue weighted by atomic mass is 10.0. The van der Waals surface area contributed by atoms with E-state index in [0.29, 0.717) is 19.5 Å². The number of rotatable bonds is 6. The second kappa shape index (κ2) is 7.90. The number of nitrogens with zero attached hydrogens (tertiary/aromatic N) is 4. The van der Waals surface area contributed by atoms with E-state index < -0.39 is 24.2 Å². The lowest BCUT2D eigenvalue weighted by Crippen LogP contribution is -2.36. The van der Waals surface area contributed by atoms with Crippen molar-refractivity contribution in [3.63, 3.8) is 0 Å². The van der Waals surface area contributed by atoms with Crippen LogP contribution >= 0.6 is 11.3 Å². The van der Waals surface area contributed by atoms with Crippen molar-refractivity contribution in [2.24, 2.45) is 0 Å². The van der Waals surface area contributed by atoms with Crippen LogP contribution in [-0.2, 0) is 6.54 Å². The molecule has 4 rings (SSSR count). The van der Waals surface area contributed by atoms with Gasteiger partial charge in [-0.2, -0.15) is 18.3 Å². The van der Waals surface area contributed by atoms with Crippen LogP contribution in [0.4, 0.5) is 19.0 Å². The third-order valence-corrected chi connectivity index (χ3v) is 5.79. The smallest absolute Gasteiger partial charge is 0.362 e. The third-order valence-electron chi connectivity index (χ3n) is 4.81. The van der Waals surface area contributed by atoms with Gasteiger partial charge in [-0.1, -0.05) is 6.07 Å². The summed E-state index contributed by atoms with van der Waals surface area (Å²) in [5.41, 5.74) is 0.114. The molecule has 0 bridgehead atoms. The Hall–Kier alpha value is -2.82. The topological polar surface area (TPSA) is 76.8 Å². The molecular formula is C18H19F3N6OS. The van der Waals surface area contributed by atoms with E-state index in [1.165, 1.54) is 17.5 Å². The van der Waals surface area contributed by atoms with Gasteiger partial charge in [-0.3, -0.25) is 4.79 Å². The molecule has 0 fully saturated rings. The molecule has 1 amide bonds. The van der Waals surface area contributed by atoms with Gasteiger partial charge in [0.15, 0.2) is 6.04 Å². The Morgan fingerprint density at radius 1 is 1.41 bits per heavy atom. The fourth-order valence-corrected chi connectivity index (χ4v) is 4.17. The van der Waals surface area contributed by atoms with E-state index in [2.05, 4.69) is 20.7 Å². The van der Waals surface area contributed by atoms with Crippen molar-refractivity contribution >= 4 is 23.1 Å². The number of alkyl halides is 3. The highest BCUT2D eigenvalue weighted by Crippen LogP contribution is 2.44. The molecule has 0 aliphatic carbocycles. The Bertz CT molecular complexity index is 951. The lowest BCUT2D eigenvalue weighted by Gasteiger charge is -2.33. The highest BCUT2D eigenvalue weighted by molar-refractivity contribution is 7.10. The van der Waals surface area contributed by atoms with Crippen LogP contribution in [0.3, 0.4) is 0 Å². The second-order valence-corrected chi connectivity index (χ2v) is 7.75. The molecule has 0 spiro atoms. The predicted molar refractivity (Wildman–Crippen MR) is 102 cm³/mol. The van der Waals surface area contributed by atoms with Crippen LogP contribution in [0.5, 0.6) is 0 Å². The van der Waals surface area contributed by atoms with Crippen molar-refractivity contribution < 1.29 is 18.0 Å². The quantitative estimate of drug-likeness (QED) is 0.593. The number of anilines is 1. The Labute approximate surface area is 168 Å². The van der Waals surface area contributed by atoms with Gasteiger partial charge >= 0.3 is 6.18 Å². The van der Waals surface area contributed by atoms with E-state index in [9.17, 15) is 18.0 Å². The molecular weight excluding hydrogens is 405 g/mol. The molecule has 0 saturated heterocycles. The van der Waals surface area contributed by atoms with Gasteiger partial charge in [-0.15, -0.1) is 11.3 Å². The normalized spacial score (nSPS) is 18.9. The molecule has 154 valence electrons. The van der Waals surface area contributed by atoms with Crippen LogP contribution in [0.2, 0.25) is 0 Å². The first-order valence-corrected chi connectivity index (χ1v) is 9.99. The number of imidazole rings is 1. The Balaban J connectivity index is 1.49. The van der Waals surface area contributed by atoms with E-state index in [4.69, 9.17) is 0 Å². The van der Waals surface area contributed by atoms with Crippen molar-refractivity contribution in [2.75, 3.05) is 11.9 Å². The molecule has 29 heavy (non-hydrogen) atoms. The maximum Gasteiger partial charge on any atom is 0.410 e. The van der Waals surface area contributed by atoms with E-state index in [0.717, 1.165) is 9.56 Å². The molecule has 0 saturated carbocycles. The number of hydrogen-bond acceptors (Lipinski definition) is 5. The number of halogens is 3. The summed E-state index contributed by atoms with van der Waals surface area (Å²) in [4.78, 5) is 17.3. The third kappa shape index (κ3) is 4.14. The number of carbonyl (C=O) groups is 1. The fraction of sp³-hybridized carbons (Fsp3) is 0.389. The van der Waals surface area contributed by atoms with E-state index in [1.807, 2.05) is 16.1 Å². The maximum atomic E-state index is 13.6. The lowest BCUT2D eigenvalue weighted by molar-refractivity contribution is -0.173. The zero-order chi connectivity index (χ0) is 20.4. The first-order valence-electron chi connectivity index (χ1n) is 9.11. The molecule has 0 unspecified atom stereocenters. The molecule has 11 heteroatoms. The van der Waals surface area contributed by atoms with Crippen molar-refractivity contribution in [3.8, 4) is 0 Å². The van der Waals surface area contributed by atoms with E-state index >= 15 is 0 Å². The van der Waals surface area contributed by atoms with Gasteiger partial charge in [0.1, 0.15) is 11.4 Å². The Kier molecular flexibility index (Phi) is 5.31. The van der Waals surface area contributed by atoms with Crippen LogP contribution in [0.1, 0.15) is 40.2 Å². The SMILES string of the molecule is O=C(NCCCn1ccnc1)c1cnn2c1N[C@@H](c1cccs1)C[C@@H]2C(F)(F)F. The zero-order valence-electron chi connectivity index (χ0n) is 15.3. The first kappa shape index (κ1) is 19.5. The Morgan fingerprint density at radius 3 is 2.97 bits per heavy atom. The van der Waals surface area contributed by atoms with E-state index in [1.54, 1.807) is 24.7 Å². The number of aryl methyl sites for hydroxylation is 1. The van der Waals surface area contributed by atoms with Crippen molar-refractivity contribution in [1.29, 1.82) is 0 Å². The van der Waals surface area contributed by atoms with Crippen LogP contribution in [0.25, 0.3) is 0 Å². The van der Waals surface area contributed by atoms with Gasteiger partial charge in [0.2, 0.25) is 0 Å². The molecule has 2 N–H and O–H groups in total. The monoisotopic (exact) mass is 424 g/mol. The number of hydrogen-bond donors (Lipinski definition) is 2. The molecule has 3 aromatic rings. The summed E-state index contributed by atoms with van der Waals surface area (Å²) in [6.07, 6.45) is 2.40. The van der Waals surface area contributed by atoms with Gasteiger partial charge in [0.05, 0.1) is 18.6 Å². The number of aromatic nitrogens is 4. The summed E-state index contributed by atoms with van der Waals surface area (Å²) in [5, 5.41) is 11.5. The molecule has 2 atom stereocenters. The minimum atomic E-state index is -4.46. The molecule has 3 aromatic heterocycles. The van der Waals surface area contributed by atoms with Gasteiger partial charge < -0.3 is 15.2 Å². The maximum absolute atomic E-state index is 13.6. The van der Waals surface area contributed by atoms with Crippen molar-refractivity contribution in [2.45, 2.75) is 37.6 Å². The molecule has 0 radical (unpaired) electrons. The largest absolute Gasteiger partial charge is 0.410 e. The summed E-state index contributed by atoms with van der Waals surface area (Å²) in [7, 11) is 0. The minimum Gasteiger partial charge on any atom is -0.362 e. The van der Waals surface area contributed by atoms with Crippen LogP contribution in [0, 0.1) is 0 Å². The van der Waals surface area contributed by atoms with Crippen LogP contribution < -0.4 is 10.6 Å². The minimum absolute atomic E-state index is 0.101. The van der Waals surface area contributed by atoms with Crippen LogP contribution in [0.15, 0.2) is 42.4 Å². The highest BCUT2D eigenvalue weighted by Gasteiger charge is 2.47. The average molecular weight is 424 g/mol. The molecule has 7 nitrogen and oxygen atoms in total. The standard InChI is InChI=1S/C18H19F3N6OS/c19-18(20,21)15-9-13(14-3-1-8-29-14)25-16-12(10-24-27(15)16)17(28)23-4-2-6-26-7-5-22-11-26/h1,3,5,7-8,10-11,13,15,25H,2,4,6,9H2,(H,23,28)/t13-,15-/m1/s1. The van der Waals surface area contributed by atoms with Crippen LogP contribution in [-0.4, -0.2) is 38.0 Å². The summed E-state index contributed by atoms with van der Waals surface area (Å²) in [6.45, 7) is 1.07. The highest BCUT2D eigenvalue weighted by atomic mass is 32.1. The molecule has 0 aromatic carbocycles. The molecule has 1 aliphatic heterocycles. The number of fused-ring (bicyclic) bond motifs is 1. The molecule has 4 heterocycles. The number of thiophene rings is 1. The Morgan fingerprint density at radius 2 is 2.28 bits per heavy atom. The number of nitrogens with one attached hydrogen (secondary N) is 2. The predicted octanol–water partition coefficient (Wildman–Crippen LogP) is 3.62. The average Bonchev–Trinajstić information content (AvgIpc) is 3.45. The van der Waals surface area contributed by atoms with Crippen molar-refractivity contribution in [3.05, 3.63) is 52.9 Å². The van der Waals surface area contributed by atoms with Crippen molar-refractivity contribution in [1.82, 2.24) is 24.6 Å². The number of carbonyl (C=O) groups excluding carboxylic acids is 1. The summed E-state index contributed by atoms with van der Waals surface area (Å²) >= 11 is 1.38. The number of amides is 1. The summed E-state index contributed by atoms with van der Waals surface area (Å²) in [6, 6.07) is 1.27. The van der Waals surface area contributed by atoms with Gasteiger partial charge in [0.25, 0.3) is 5.91 Å². The van der Waals surface area contributed by atoms with Gasteiger partial charge in [-0.05, 0) is 17.9 Å². The van der Waals surface area contributed by atoms with Gasteiger partial charge in [0, 0.05) is 36.8 Å². The van der Waals surface area contributed by atoms with E-state index in [-0.39, 0.29) is 17.8 Å². The second-order valence-electron chi connectivity index (χ2n) is 6.77. The first-order chi connectivity index (χ1) is 13.9. The van der Waals surface area contributed by atoms with Gasteiger partial charge in [-0.25, -0.2) is 9.67 Å². The fourth-order valence-electron chi connectivity index (χ4n) is 3.38. The summed E-state index contributed by atoms with van der Waals surface area (Å²) < 4.78 is 43.7. The summed E-state index contributed by atoms with van der Waals surface area (Å²) in [5.74, 6) is -0.346. The molecule has 1 aliphatic rings. The zero-order valence-corrected chi connectivity index (χ0v) is 16.1.